The average Bonchev–Trinajstić information content (AvgIpc) is 3.63. The number of hydrogen-bond acceptors (Lipinski definition) is 7. The molecule has 3 aliphatic rings. The molecular weight excluding hydrogens is 489 g/mol. The summed E-state index contributed by atoms with van der Waals surface area (Å²) in [6.45, 7) is 4.75. The summed E-state index contributed by atoms with van der Waals surface area (Å²) in [7, 11) is 0. The van der Waals surface area contributed by atoms with Gasteiger partial charge in [-0.2, -0.15) is 5.10 Å². The third-order valence-electron chi connectivity index (χ3n) is 8.08. The second-order valence-corrected chi connectivity index (χ2v) is 10.6. The van der Waals surface area contributed by atoms with Crippen molar-refractivity contribution in [1.29, 1.82) is 0 Å². The van der Waals surface area contributed by atoms with E-state index in [1.54, 1.807) is 23.2 Å². The zero-order chi connectivity index (χ0) is 26.0. The Kier molecular flexibility index (Phi) is 5.59. The molecule has 0 aliphatic carbocycles. The molecule has 1 aromatic carbocycles. The number of aliphatic hydroxyl groups excluding tert-OH is 1. The molecule has 7 rings (SSSR count). The SMILES string of the molecule is Cc1nc(N2CC[C@H](C(=O)N3CC(O)C3)C2)ncc1-n1c2ccc(F)cc2c2c1cnn2C1CCCCO1. The number of anilines is 1. The molecule has 11 heteroatoms. The second-order valence-electron chi connectivity index (χ2n) is 10.6. The maximum Gasteiger partial charge on any atom is 0.227 e. The third-order valence-corrected chi connectivity index (χ3v) is 8.08. The van der Waals surface area contributed by atoms with Crippen LogP contribution in [0.5, 0.6) is 0 Å². The topological polar surface area (TPSA) is 102 Å². The highest BCUT2D eigenvalue weighted by Crippen LogP contribution is 2.36. The van der Waals surface area contributed by atoms with Gasteiger partial charge >= 0.3 is 0 Å². The predicted octanol–water partition coefficient (Wildman–Crippen LogP) is 2.95. The van der Waals surface area contributed by atoms with Gasteiger partial charge in [-0.3, -0.25) is 4.79 Å². The van der Waals surface area contributed by atoms with E-state index in [0.717, 1.165) is 59.0 Å². The number of benzene rings is 1. The van der Waals surface area contributed by atoms with Crippen LogP contribution in [0.1, 0.15) is 37.6 Å². The predicted molar refractivity (Wildman–Crippen MR) is 139 cm³/mol. The summed E-state index contributed by atoms with van der Waals surface area (Å²) in [6.07, 6.45) is 6.75. The van der Waals surface area contributed by atoms with Crippen LogP contribution in [0.3, 0.4) is 0 Å². The number of β-amino-alcohol motifs (C(OH)–C–C–N with tert-alkyl or cyclic N) is 1. The number of fused-ring (bicyclic) bond motifs is 3. The number of ether oxygens (including phenoxy) is 1. The van der Waals surface area contributed by atoms with Gasteiger partial charge in [-0.25, -0.2) is 19.0 Å². The van der Waals surface area contributed by atoms with Crippen LogP contribution in [0.2, 0.25) is 0 Å². The Morgan fingerprint density at radius 3 is 2.76 bits per heavy atom. The van der Waals surface area contributed by atoms with Crippen molar-refractivity contribution in [3.8, 4) is 5.69 Å². The zero-order valence-electron chi connectivity index (χ0n) is 21.3. The lowest BCUT2D eigenvalue weighted by molar-refractivity contribution is -0.145. The first-order valence-electron chi connectivity index (χ1n) is 13.3. The van der Waals surface area contributed by atoms with Crippen molar-refractivity contribution in [2.75, 3.05) is 37.7 Å². The lowest BCUT2D eigenvalue weighted by Crippen LogP contribution is -2.55. The van der Waals surface area contributed by atoms with E-state index in [1.807, 2.05) is 27.3 Å². The number of carbonyl (C=O) groups is 1. The molecule has 3 aromatic heterocycles. The minimum absolute atomic E-state index is 0.0959. The van der Waals surface area contributed by atoms with Crippen molar-refractivity contribution in [3.05, 3.63) is 42.1 Å². The molecule has 3 fully saturated rings. The van der Waals surface area contributed by atoms with Crippen LogP contribution in [0.15, 0.2) is 30.6 Å². The summed E-state index contributed by atoms with van der Waals surface area (Å²) in [5.74, 6) is 0.277. The molecule has 3 aliphatic heterocycles. The summed E-state index contributed by atoms with van der Waals surface area (Å²) in [5.41, 5.74) is 4.12. The number of aryl methyl sites for hydroxylation is 1. The number of amides is 1. The highest BCUT2D eigenvalue weighted by Gasteiger charge is 2.37. The number of nitrogens with zero attached hydrogens (tertiary/aromatic N) is 7. The van der Waals surface area contributed by atoms with Gasteiger partial charge in [-0.15, -0.1) is 0 Å². The van der Waals surface area contributed by atoms with Crippen LogP contribution in [0.25, 0.3) is 27.6 Å². The molecule has 6 heterocycles. The Bertz CT molecular complexity index is 1540. The fourth-order valence-electron chi connectivity index (χ4n) is 6.05. The van der Waals surface area contributed by atoms with Crippen LogP contribution >= 0.6 is 0 Å². The number of hydrogen-bond donors (Lipinski definition) is 1. The molecule has 3 saturated heterocycles. The molecule has 1 unspecified atom stereocenters. The number of likely N-dealkylation sites (tertiary alicyclic amines) is 1. The lowest BCUT2D eigenvalue weighted by Gasteiger charge is -2.37. The standard InChI is InChI=1S/C27H30FN7O3/c1-16-22(11-29-27(31-16)32-8-7-17(13-32)26(37)33-14-19(36)15-33)34-21-6-5-18(28)10-20(21)25-23(34)12-30-35(25)24-4-2-3-9-38-24/h5-6,10-12,17,19,24,36H,2-4,7-9,13-15H2,1H3/t17-,24?/m0/s1. The highest BCUT2D eigenvalue weighted by atomic mass is 19.1. The van der Waals surface area contributed by atoms with E-state index in [4.69, 9.17) is 14.7 Å². The molecule has 38 heavy (non-hydrogen) atoms. The van der Waals surface area contributed by atoms with E-state index < -0.39 is 6.10 Å². The Hall–Kier alpha value is -3.57. The Morgan fingerprint density at radius 1 is 1.13 bits per heavy atom. The van der Waals surface area contributed by atoms with Crippen molar-refractivity contribution in [2.24, 2.45) is 5.92 Å². The van der Waals surface area contributed by atoms with Crippen molar-refractivity contribution in [3.63, 3.8) is 0 Å². The van der Waals surface area contributed by atoms with Crippen LogP contribution in [0, 0.1) is 18.7 Å². The summed E-state index contributed by atoms with van der Waals surface area (Å²) in [4.78, 5) is 26.0. The van der Waals surface area contributed by atoms with Gasteiger partial charge in [0.1, 0.15) is 5.82 Å². The van der Waals surface area contributed by atoms with E-state index in [-0.39, 0.29) is 23.9 Å². The molecule has 0 saturated carbocycles. The van der Waals surface area contributed by atoms with Gasteiger partial charge < -0.3 is 24.2 Å². The van der Waals surface area contributed by atoms with E-state index in [9.17, 15) is 14.3 Å². The molecule has 0 spiro atoms. The zero-order valence-corrected chi connectivity index (χ0v) is 21.3. The molecule has 198 valence electrons. The van der Waals surface area contributed by atoms with Gasteiger partial charge in [-0.1, -0.05) is 0 Å². The van der Waals surface area contributed by atoms with Crippen molar-refractivity contribution in [1.82, 2.24) is 29.2 Å². The quantitative estimate of drug-likeness (QED) is 0.442. The Morgan fingerprint density at radius 2 is 2.00 bits per heavy atom. The Balaban J connectivity index is 1.23. The molecular formula is C27H30FN7O3. The van der Waals surface area contributed by atoms with Crippen LogP contribution < -0.4 is 4.90 Å². The first-order valence-corrected chi connectivity index (χ1v) is 13.3. The van der Waals surface area contributed by atoms with Crippen LogP contribution in [-0.2, 0) is 9.53 Å². The maximum absolute atomic E-state index is 14.4. The van der Waals surface area contributed by atoms with Crippen molar-refractivity contribution in [2.45, 2.75) is 44.9 Å². The minimum atomic E-state index is -0.398. The smallest absolute Gasteiger partial charge is 0.227 e. The number of aliphatic hydroxyl groups is 1. The molecule has 0 bridgehead atoms. The van der Waals surface area contributed by atoms with Crippen LogP contribution in [-0.4, -0.2) is 79.1 Å². The summed E-state index contributed by atoms with van der Waals surface area (Å²) < 4.78 is 24.3. The molecule has 2 atom stereocenters. The summed E-state index contributed by atoms with van der Waals surface area (Å²) in [5, 5.41) is 15.0. The van der Waals surface area contributed by atoms with E-state index in [2.05, 4.69) is 5.10 Å². The third kappa shape index (κ3) is 3.75. The number of carbonyl (C=O) groups excluding carboxylic acids is 1. The summed E-state index contributed by atoms with van der Waals surface area (Å²) in [6, 6.07) is 4.81. The monoisotopic (exact) mass is 519 g/mol. The van der Waals surface area contributed by atoms with Gasteiger partial charge in [0.15, 0.2) is 6.23 Å². The molecule has 1 amide bonds. The fraction of sp³-hybridized carbons (Fsp3) is 0.481. The molecule has 4 aromatic rings. The fourth-order valence-corrected chi connectivity index (χ4v) is 6.05. The number of aromatic nitrogens is 5. The molecule has 1 N–H and O–H groups in total. The second kappa shape index (κ2) is 9.02. The van der Waals surface area contributed by atoms with E-state index in [1.165, 1.54) is 6.07 Å². The lowest BCUT2D eigenvalue weighted by atomic mass is 10.0. The van der Waals surface area contributed by atoms with Crippen molar-refractivity contribution >= 4 is 33.8 Å². The van der Waals surface area contributed by atoms with Gasteiger partial charge in [0.05, 0.1) is 52.3 Å². The molecule has 10 nitrogen and oxygen atoms in total. The highest BCUT2D eigenvalue weighted by molar-refractivity contribution is 6.07. The van der Waals surface area contributed by atoms with Crippen molar-refractivity contribution < 1.29 is 19.0 Å². The van der Waals surface area contributed by atoms with Crippen LogP contribution in [0.4, 0.5) is 10.3 Å². The van der Waals surface area contributed by atoms with Gasteiger partial charge in [0, 0.05) is 38.2 Å². The maximum atomic E-state index is 14.4. The first-order chi connectivity index (χ1) is 18.5. The van der Waals surface area contributed by atoms with Gasteiger partial charge in [0.25, 0.3) is 0 Å². The number of halogens is 1. The van der Waals surface area contributed by atoms with E-state index >= 15 is 0 Å². The largest absolute Gasteiger partial charge is 0.389 e. The average molecular weight is 520 g/mol. The van der Waals surface area contributed by atoms with Gasteiger partial charge in [0.2, 0.25) is 11.9 Å². The first kappa shape index (κ1) is 23.5. The minimum Gasteiger partial charge on any atom is -0.389 e. The Labute approximate surface area is 218 Å². The number of rotatable bonds is 4. The van der Waals surface area contributed by atoms with E-state index in [0.29, 0.717) is 38.7 Å². The normalized spacial score (nSPS) is 22.5. The molecule has 0 radical (unpaired) electrons. The van der Waals surface area contributed by atoms with Gasteiger partial charge in [-0.05, 0) is 50.8 Å². The summed E-state index contributed by atoms with van der Waals surface area (Å²) >= 11 is 0.